The maximum Gasteiger partial charge on any atom is 0.193 e. The smallest absolute Gasteiger partial charge is 0.193 e. The van der Waals surface area contributed by atoms with Gasteiger partial charge in [0.2, 0.25) is 0 Å². The molecule has 0 spiro atoms. The van der Waals surface area contributed by atoms with E-state index in [1.54, 1.807) is 0 Å². The lowest BCUT2D eigenvalue weighted by Crippen LogP contribution is -2.25. The molecule has 1 rings (SSSR count). The van der Waals surface area contributed by atoms with Crippen molar-refractivity contribution in [2.75, 3.05) is 0 Å². The van der Waals surface area contributed by atoms with E-state index in [0.717, 1.165) is 6.42 Å². The third-order valence-electron chi connectivity index (χ3n) is 2.21. The van der Waals surface area contributed by atoms with Crippen molar-refractivity contribution in [3.05, 3.63) is 0 Å². The van der Waals surface area contributed by atoms with Gasteiger partial charge in [-0.05, 0) is 35.4 Å². The number of hydrogen-bond acceptors (Lipinski definition) is 1. The van der Waals surface area contributed by atoms with Crippen molar-refractivity contribution in [1.82, 2.24) is 0 Å². The van der Waals surface area contributed by atoms with Gasteiger partial charge in [-0.15, -0.1) is 0 Å². The van der Waals surface area contributed by atoms with Gasteiger partial charge < -0.3 is 0 Å². The Balaban J connectivity index is 2.43. The molecular weight excluding hydrogens is 366 g/mol. The Morgan fingerprint density at radius 2 is 1.82 bits per heavy atom. The van der Waals surface area contributed by atoms with Crippen LogP contribution in [0.3, 0.4) is 0 Å². The largest absolute Gasteiger partial charge is 0.288 e. The highest BCUT2D eigenvalue weighted by Gasteiger charge is 2.30. The quantitative estimate of drug-likeness (QED) is 0.409. The molecule has 1 aliphatic rings. The van der Waals surface area contributed by atoms with Crippen molar-refractivity contribution in [1.29, 1.82) is 0 Å². The molecule has 0 N–H and O–H groups in total. The molecule has 0 aromatic rings. The fraction of sp³-hybridized carbons (Fsp3) is 0.875. The Morgan fingerprint density at radius 3 is 2.27 bits per heavy atom. The van der Waals surface area contributed by atoms with Gasteiger partial charge in [0.1, 0.15) is 0 Å². The summed E-state index contributed by atoms with van der Waals surface area (Å²) in [5.74, 6) is 0. The second-order valence-corrected chi connectivity index (χ2v) is 6.74. The molecule has 0 heterocycles. The Labute approximate surface area is 95.0 Å². The first-order valence-electron chi connectivity index (χ1n) is 4.00. The van der Waals surface area contributed by atoms with Crippen molar-refractivity contribution in [3.63, 3.8) is 0 Å². The Hall–Kier alpha value is 1.13. The van der Waals surface area contributed by atoms with E-state index in [-0.39, 0.29) is 0 Å². The average Bonchev–Trinajstić information content (AvgIpc) is 1.85. The predicted octanol–water partition coefficient (Wildman–Crippen LogP) is 3.48. The topological polar surface area (TPSA) is 17.1 Å². The van der Waals surface area contributed by atoms with Crippen LogP contribution >= 0.6 is 45.2 Å². The molecule has 0 unspecified atom stereocenters. The Kier molecular flexibility index (Phi) is 4.08. The van der Waals surface area contributed by atoms with E-state index in [9.17, 15) is 4.79 Å². The number of halogens is 2. The summed E-state index contributed by atoms with van der Waals surface area (Å²) in [5.41, 5.74) is 0. The lowest BCUT2D eigenvalue weighted by Gasteiger charge is -2.30. The van der Waals surface area contributed by atoms with Crippen LogP contribution < -0.4 is 0 Å². The van der Waals surface area contributed by atoms with Gasteiger partial charge in [0.05, 0.1) is 0 Å². The van der Waals surface area contributed by atoms with Crippen molar-refractivity contribution in [2.24, 2.45) is 0 Å². The van der Waals surface area contributed by atoms with Crippen molar-refractivity contribution < 1.29 is 4.79 Å². The van der Waals surface area contributed by atoms with Gasteiger partial charge in [0.15, 0.2) is 3.79 Å². The van der Waals surface area contributed by atoms with Gasteiger partial charge in [-0.1, -0.05) is 41.9 Å². The number of carbonyl (C=O) groups excluding carboxylic acids is 1. The molecule has 3 heteroatoms. The van der Waals surface area contributed by atoms with Crippen molar-refractivity contribution in [3.8, 4) is 0 Å². The molecule has 0 aromatic carbocycles. The van der Waals surface area contributed by atoms with Crippen LogP contribution in [0.1, 0.15) is 38.5 Å². The predicted molar refractivity (Wildman–Crippen MR) is 63.5 cm³/mol. The summed E-state index contributed by atoms with van der Waals surface area (Å²) in [6.07, 6.45) is 7.23. The lowest BCUT2D eigenvalue weighted by molar-refractivity contribution is -0.109. The SMILES string of the molecule is O=C(I)CC1(I)CCCCC1. The maximum atomic E-state index is 10.9. The fourth-order valence-corrected chi connectivity index (χ4v) is 4.18. The van der Waals surface area contributed by atoms with Crippen LogP contribution in [-0.4, -0.2) is 7.21 Å². The van der Waals surface area contributed by atoms with Crippen molar-refractivity contribution in [2.45, 2.75) is 41.9 Å². The zero-order chi connectivity index (χ0) is 8.32. The van der Waals surface area contributed by atoms with E-state index in [0.29, 0.717) is 7.21 Å². The second kappa shape index (κ2) is 4.39. The number of carbonyl (C=O) groups is 1. The highest BCUT2D eigenvalue weighted by Crippen LogP contribution is 2.39. The molecule has 11 heavy (non-hydrogen) atoms. The molecule has 0 bridgehead atoms. The van der Waals surface area contributed by atoms with E-state index in [4.69, 9.17) is 0 Å². The van der Waals surface area contributed by atoms with Gasteiger partial charge in [-0.2, -0.15) is 0 Å². The zero-order valence-electron chi connectivity index (χ0n) is 6.41. The normalized spacial score (nSPS) is 23.1. The standard InChI is InChI=1S/C8H12I2O/c9-7(11)6-8(10)4-2-1-3-5-8/h1-6H2. The van der Waals surface area contributed by atoms with Crippen LogP contribution in [-0.2, 0) is 4.79 Å². The summed E-state index contributed by atoms with van der Waals surface area (Å²) in [4.78, 5) is 10.9. The highest BCUT2D eigenvalue weighted by atomic mass is 127. The first-order valence-corrected chi connectivity index (χ1v) is 6.15. The molecule has 0 aliphatic heterocycles. The first kappa shape index (κ1) is 10.2. The van der Waals surface area contributed by atoms with Crippen LogP contribution in [0.2, 0.25) is 0 Å². The lowest BCUT2D eigenvalue weighted by atomic mass is 9.87. The molecule has 0 radical (unpaired) electrons. The molecule has 1 nitrogen and oxygen atoms in total. The summed E-state index contributed by atoms with van der Waals surface area (Å²) in [5, 5.41) is 0. The van der Waals surface area contributed by atoms with E-state index < -0.39 is 0 Å². The average molecular weight is 378 g/mol. The molecule has 1 aliphatic carbocycles. The summed E-state index contributed by atoms with van der Waals surface area (Å²) >= 11 is 4.39. The van der Waals surface area contributed by atoms with E-state index in [1.807, 2.05) is 22.6 Å². The van der Waals surface area contributed by atoms with Crippen LogP contribution in [0.5, 0.6) is 0 Å². The molecule has 1 saturated carbocycles. The molecule has 0 amide bonds. The van der Waals surface area contributed by atoms with Crippen LogP contribution in [0.15, 0.2) is 0 Å². The minimum Gasteiger partial charge on any atom is -0.288 e. The van der Waals surface area contributed by atoms with Gasteiger partial charge >= 0.3 is 0 Å². The summed E-state index contributed by atoms with van der Waals surface area (Å²) in [7, 11) is 0. The number of alkyl halides is 1. The number of hydrogen-bond donors (Lipinski definition) is 0. The Bertz CT molecular complexity index is 150. The van der Waals surface area contributed by atoms with E-state index in [1.165, 1.54) is 32.1 Å². The highest BCUT2D eigenvalue weighted by molar-refractivity contribution is 14.1. The molecule has 0 saturated heterocycles. The second-order valence-electron chi connectivity index (χ2n) is 3.24. The van der Waals surface area contributed by atoms with Crippen molar-refractivity contribution >= 4 is 49.0 Å². The molecule has 0 aromatic heterocycles. The monoisotopic (exact) mass is 378 g/mol. The zero-order valence-corrected chi connectivity index (χ0v) is 10.7. The summed E-state index contributed by atoms with van der Waals surface area (Å²) in [6.45, 7) is 0. The summed E-state index contributed by atoms with van der Waals surface area (Å²) in [6, 6.07) is 0. The van der Waals surface area contributed by atoms with Crippen LogP contribution in [0, 0.1) is 0 Å². The molecular formula is C8H12I2O. The minimum absolute atomic E-state index is 0.314. The van der Waals surface area contributed by atoms with Gasteiger partial charge in [0, 0.05) is 9.84 Å². The molecule has 0 atom stereocenters. The molecule has 64 valence electrons. The minimum atomic E-state index is 0.314. The number of rotatable bonds is 2. The maximum absolute atomic E-state index is 10.9. The van der Waals surface area contributed by atoms with Gasteiger partial charge in [0.25, 0.3) is 0 Å². The van der Waals surface area contributed by atoms with E-state index in [2.05, 4.69) is 22.6 Å². The molecule has 1 fully saturated rings. The Morgan fingerprint density at radius 1 is 1.27 bits per heavy atom. The van der Waals surface area contributed by atoms with Crippen LogP contribution in [0.25, 0.3) is 0 Å². The fourth-order valence-electron chi connectivity index (χ4n) is 1.61. The first-order chi connectivity index (χ1) is 5.12. The summed E-state index contributed by atoms with van der Waals surface area (Å²) < 4.78 is 0.632. The van der Waals surface area contributed by atoms with Gasteiger partial charge in [-0.3, -0.25) is 4.79 Å². The van der Waals surface area contributed by atoms with E-state index >= 15 is 0 Å². The third-order valence-corrected chi connectivity index (χ3v) is 4.05. The van der Waals surface area contributed by atoms with Crippen LogP contribution in [0.4, 0.5) is 0 Å². The third kappa shape index (κ3) is 3.57. The van der Waals surface area contributed by atoms with Gasteiger partial charge in [-0.25, -0.2) is 0 Å².